The Morgan fingerprint density at radius 3 is 1.97 bits per heavy atom. The molecule has 0 radical (unpaired) electrons. The fourth-order valence-electron chi connectivity index (χ4n) is 5.92. The highest BCUT2D eigenvalue weighted by Gasteiger charge is 2.63. The zero-order valence-corrected chi connectivity index (χ0v) is 16.0. The lowest BCUT2D eigenvalue weighted by Gasteiger charge is -2.57. The summed E-state index contributed by atoms with van der Waals surface area (Å²) < 4.78 is 0. The number of nitrogens with one attached hydrogen (secondary N) is 1. The smallest absolute Gasteiger partial charge is 0.250 e. The normalized spacial score (nSPS) is 29.0. The average Bonchev–Trinajstić information content (AvgIpc) is 2.77. The molecule has 142 valence electrons. The van der Waals surface area contributed by atoms with Crippen molar-refractivity contribution in [2.45, 2.75) is 18.3 Å². The van der Waals surface area contributed by atoms with Gasteiger partial charge in [0.25, 0.3) is 5.91 Å². The van der Waals surface area contributed by atoms with Gasteiger partial charge >= 0.3 is 0 Å². The number of para-hydroxylation sites is 1. The van der Waals surface area contributed by atoms with Gasteiger partial charge in [-0.15, -0.1) is 0 Å². The van der Waals surface area contributed by atoms with Crippen molar-refractivity contribution in [1.82, 2.24) is 5.43 Å². The molecule has 29 heavy (non-hydrogen) atoms. The molecule has 1 aliphatic heterocycles. The maximum absolute atomic E-state index is 13.8. The number of benzene rings is 3. The number of carbonyl (C=O) groups is 2. The maximum Gasteiger partial charge on any atom is 0.250 e. The number of nitrogens with zero attached hydrogens (tertiary/aromatic N) is 1. The number of hydrazine groups is 1. The van der Waals surface area contributed by atoms with Gasteiger partial charge in [-0.25, -0.2) is 5.01 Å². The zero-order chi connectivity index (χ0) is 19.8. The molecule has 0 aromatic heterocycles. The van der Waals surface area contributed by atoms with Crippen LogP contribution >= 0.6 is 0 Å². The second kappa shape index (κ2) is 5.57. The fourth-order valence-corrected chi connectivity index (χ4v) is 5.92. The van der Waals surface area contributed by atoms with Crippen LogP contribution in [0.1, 0.15) is 35.1 Å². The van der Waals surface area contributed by atoms with Crippen LogP contribution in [-0.4, -0.2) is 11.8 Å². The van der Waals surface area contributed by atoms with Gasteiger partial charge in [-0.1, -0.05) is 73.7 Å². The predicted octanol–water partition coefficient (Wildman–Crippen LogP) is 3.76. The van der Waals surface area contributed by atoms with Gasteiger partial charge in [0.2, 0.25) is 5.91 Å². The highest BCUT2D eigenvalue weighted by atomic mass is 16.2. The third kappa shape index (κ3) is 1.93. The van der Waals surface area contributed by atoms with Crippen LogP contribution < -0.4 is 10.4 Å². The van der Waals surface area contributed by atoms with Crippen LogP contribution in [0.4, 0.5) is 5.69 Å². The molecule has 0 spiro atoms. The van der Waals surface area contributed by atoms with E-state index >= 15 is 0 Å². The number of hydrogen-bond acceptors (Lipinski definition) is 2. The van der Waals surface area contributed by atoms with E-state index in [4.69, 9.17) is 0 Å². The van der Waals surface area contributed by atoms with Gasteiger partial charge in [0.1, 0.15) is 0 Å². The van der Waals surface area contributed by atoms with Crippen molar-refractivity contribution >= 4 is 17.5 Å². The summed E-state index contributed by atoms with van der Waals surface area (Å²) in [6, 6.07) is 26.0. The Bertz CT molecular complexity index is 1120. The van der Waals surface area contributed by atoms with Gasteiger partial charge in [-0.05, 0) is 34.4 Å². The summed E-state index contributed by atoms with van der Waals surface area (Å²) in [5.41, 5.74) is 7.71. The number of rotatable bonds is 1. The van der Waals surface area contributed by atoms with Crippen LogP contribution in [0.3, 0.4) is 0 Å². The minimum Gasteiger partial charge on any atom is -0.273 e. The van der Waals surface area contributed by atoms with E-state index in [1.54, 1.807) is 0 Å². The molecule has 0 saturated carbocycles. The molecule has 3 aromatic carbocycles. The van der Waals surface area contributed by atoms with E-state index in [9.17, 15) is 9.59 Å². The molecular weight excluding hydrogens is 360 g/mol. The van der Waals surface area contributed by atoms with Crippen molar-refractivity contribution in [3.05, 3.63) is 101 Å². The summed E-state index contributed by atoms with van der Waals surface area (Å²) in [6.45, 7) is 2.14. The molecule has 4 nitrogen and oxygen atoms in total. The molecule has 4 aliphatic rings. The number of carbonyl (C=O) groups excluding carboxylic acids is 2. The second-order valence-electron chi connectivity index (χ2n) is 8.34. The summed E-state index contributed by atoms with van der Waals surface area (Å²) >= 11 is 0. The number of amides is 2. The van der Waals surface area contributed by atoms with E-state index < -0.39 is 17.3 Å². The Hall–Kier alpha value is -3.40. The lowest BCUT2D eigenvalue weighted by molar-refractivity contribution is -0.144. The first-order valence-corrected chi connectivity index (χ1v) is 10.0. The van der Waals surface area contributed by atoms with E-state index in [1.807, 2.05) is 54.6 Å². The molecule has 3 aliphatic carbocycles. The number of hydrogen-bond donors (Lipinski definition) is 1. The summed E-state index contributed by atoms with van der Waals surface area (Å²) in [4.78, 5) is 27.2. The lowest BCUT2D eigenvalue weighted by atomic mass is 9.46. The Kier molecular flexibility index (Phi) is 3.18. The predicted molar refractivity (Wildman–Crippen MR) is 110 cm³/mol. The summed E-state index contributed by atoms with van der Waals surface area (Å²) in [7, 11) is 0. The minimum atomic E-state index is -0.547. The van der Waals surface area contributed by atoms with Crippen molar-refractivity contribution in [3.63, 3.8) is 0 Å². The van der Waals surface area contributed by atoms with Crippen molar-refractivity contribution in [1.29, 1.82) is 0 Å². The Balaban J connectivity index is 1.62. The van der Waals surface area contributed by atoms with Crippen molar-refractivity contribution < 1.29 is 9.59 Å². The van der Waals surface area contributed by atoms with E-state index in [0.717, 1.165) is 0 Å². The molecule has 3 aromatic rings. The van der Waals surface area contributed by atoms with Crippen molar-refractivity contribution in [2.24, 2.45) is 11.8 Å². The molecule has 1 fully saturated rings. The fraction of sp³-hybridized carbons (Fsp3) is 0.200. The summed E-state index contributed by atoms with van der Waals surface area (Å²) in [6.07, 6.45) is 0. The van der Waals surface area contributed by atoms with E-state index in [-0.39, 0.29) is 17.7 Å². The molecular formula is C25H20N2O2. The Morgan fingerprint density at radius 2 is 1.34 bits per heavy atom. The van der Waals surface area contributed by atoms with E-state index in [1.165, 1.54) is 27.3 Å². The van der Waals surface area contributed by atoms with Crippen LogP contribution in [-0.2, 0) is 15.0 Å². The lowest BCUT2D eigenvalue weighted by Crippen LogP contribution is -2.68. The monoisotopic (exact) mass is 380 g/mol. The van der Waals surface area contributed by atoms with Crippen LogP contribution in [0.15, 0.2) is 78.9 Å². The third-order valence-corrected chi connectivity index (χ3v) is 7.08. The van der Waals surface area contributed by atoms with E-state index in [0.29, 0.717) is 5.69 Å². The van der Waals surface area contributed by atoms with Crippen molar-refractivity contribution in [3.8, 4) is 0 Å². The first kappa shape index (κ1) is 16.5. The molecule has 1 saturated heterocycles. The number of anilines is 1. The van der Waals surface area contributed by atoms with Gasteiger partial charge in [0.05, 0.1) is 17.5 Å². The first-order valence-electron chi connectivity index (χ1n) is 10.0. The SMILES string of the molecule is CC12c3ccccc3C(c3ccccc31)C1C(=O)NN(c3ccccc3)C(=O)C12. The summed E-state index contributed by atoms with van der Waals surface area (Å²) in [5, 5.41) is 1.45. The molecule has 1 heterocycles. The summed E-state index contributed by atoms with van der Waals surface area (Å²) in [5.74, 6) is -1.07. The molecule has 4 heteroatoms. The second-order valence-corrected chi connectivity index (χ2v) is 8.34. The highest BCUT2D eigenvalue weighted by molar-refractivity contribution is 6.06. The van der Waals surface area contributed by atoms with Crippen LogP contribution in [0.2, 0.25) is 0 Å². The van der Waals surface area contributed by atoms with Crippen LogP contribution in [0, 0.1) is 11.8 Å². The largest absolute Gasteiger partial charge is 0.273 e. The topological polar surface area (TPSA) is 49.4 Å². The van der Waals surface area contributed by atoms with Gasteiger partial charge in [-0.3, -0.25) is 15.0 Å². The standard InChI is InChI=1S/C25H20N2O2/c1-25-18-13-7-5-11-16(18)20(17-12-6-8-14-19(17)25)21-22(25)24(29)27(26-23(21)28)15-9-3-2-4-10-15/h2-14,20-22H,1H3,(H,26,28). The molecule has 2 atom stereocenters. The Morgan fingerprint density at radius 1 is 0.793 bits per heavy atom. The molecule has 2 bridgehead atoms. The quantitative estimate of drug-likeness (QED) is 0.699. The average molecular weight is 380 g/mol. The van der Waals surface area contributed by atoms with Gasteiger partial charge in [0.15, 0.2) is 0 Å². The maximum atomic E-state index is 13.8. The van der Waals surface area contributed by atoms with Crippen LogP contribution in [0.25, 0.3) is 0 Å². The first-order chi connectivity index (χ1) is 14.1. The molecule has 2 amide bonds. The molecule has 1 N–H and O–H groups in total. The van der Waals surface area contributed by atoms with Gasteiger partial charge in [0, 0.05) is 11.3 Å². The molecule has 7 rings (SSSR count). The zero-order valence-electron chi connectivity index (χ0n) is 16.0. The third-order valence-electron chi connectivity index (χ3n) is 7.08. The highest BCUT2D eigenvalue weighted by Crippen LogP contribution is 2.62. The Labute approximate surface area is 169 Å². The van der Waals surface area contributed by atoms with Gasteiger partial charge in [-0.2, -0.15) is 0 Å². The van der Waals surface area contributed by atoms with E-state index in [2.05, 4.69) is 36.6 Å². The van der Waals surface area contributed by atoms with Crippen LogP contribution in [0.5, 0.6) is 0 Å². The van der Waals surface area contributed by atoms with Crippen molar-refractivity contribution in [2.75, 3.05) is 5.01 Å². The minimum absolute atomic E-state index is 0.0442. The van der Waals surface area contributed by atoms with Gasteiger partial charge < -0.3 is 0 Å². The molecule has 2 unspecified atom stereocenters.